The zero-order valence-corrected chi connectivity index (χ0v) is 14.9. The highest BCUT2D eigenvalue weighted by Crippen LogP contribution is 2.41. The lowest BCUT2D eigenvalue weighted by Crippen LogP contribution is -2.38. The fourth-order valence-corrected chi connectivity index (χ4v) is 3.39. The molecule has 1 aromatic carbocycles. The molecule has 0 aliphatic carbocycles. The van der Waals surface area contributed by atoms with E-state index in [1.807, 2.05) is 12.3 Å². The van der Waals surface area contributed by atoms with Gasteiger partial charge in [-0.3, -0.25) is 14.7 Å². The van der Waals surface area contributed by atoms with Crippen LogP contribution in [0.15, 0.2) is 24.4 Å². The van der Waals surface area contributed by atoms with Crippen LogP contribution in [0, 0.1) is 0 Å². The van der Waals surface area contributed by atoms with Crippen LogP contribution >= 0.6 is 7.82 Å². The summed E-state index contributed by atoms with van der Waals surface area (Å²) in [7, 11) is -4.58. The molecule has 128 valence electrons. The van der Waals surface area contributed by atoms with Crippen molar-refractivity contribution in [1.82, 2.24) is 9.88 Å². The van der Waals surface area contributed by atoms with E-state index >= 15 is 0 Å². The third-order valence-electron chi connectivity index (χ3n) is 3.93. The molecule has 23 heavy (non-hydrogen) atoms. The second kappa shape index (κ2) is 7.05. The van der Waals surface area contributed by atoms with Crippen LogP contribution < -0.4 is 4.52 Å². The molecule has 6 nitrogen and oxygen atoms in total. The largest absolute Gasteiger partial charge is 0.524 e. The Morgan fingerprint density at radius 1 is 1.22 bits per heavy atom. The fourth-order valence-electron chi connectivity index (χ4n) is 2.98. The minimum Gasteiger partial charge on any atom is -0.404 e. The van der Waals surface area contributed by atoms with E-state index in [1.165, 1.54) is 0 Å². The molecule has 1 aromatic heterocycles. The molecule has 1 heterocycles. The highest BCUT2D eigenvalue weighted by Gasteiger charge is 2.20. The molecule has 0 radical (unpaired) electrons. The van der Waals surface area contributed by atoms with E-state index in [-0.39, 0.29) is 5.75 Å². The first kappa shape index (κ1) is 18.0. The van der Waals surface area contributed by atoms with Crippen molar-refractivity contribution in [2.24, 2.45) is 0 Å². The highest BCUT2D eigenvalue weighted by atomic mass is 31.2. The summed E-state index contributed by atoms with van der Waals surface area (Å²) < 4.78 is 16.0. The molecule has 0 atom stereocenters. The van der Waals surface area contributed by atoms with Crippen molar-refractivity contribution in [3.05, 3.63) is 30.0 Å². The summed E-state index contributed by atoms with van der Waals surface area (Å²) in [6.07, 6.45) is 2.66. The van der Waals surface area contributed by atoms with Gasteiger partial charge in [-0.05, 0) is 51.8 Å². The van der Waals surface area contributed by atoms with Crippen molar-refractivity contribution in [1.29, 1.82) is 0 Å². The molecule has 0 unspecified atom stereocenters. The Kier molecular flexibility index (Phi) is 5.53. The van der Waals surface area contributed by atoms with Gasteiger partial charge in [-0.25, -0.2) is 4.57 Å². The molecule has 0 aliphatic heterocycles. The number of rotatable bonds is 7. The number of nitrogens with zero attached hydrogens (tertiary/aromatic N) is 1. The molecule has 0 spiro atoms. The summed E-state index contributed by atoms with van der Waals surface area (Å²) in [5.41, 5.74) is 1.81. The zero-order valence-electron chi connectivity index (χ0n) is 14.0. The molecule has 0 saturated carbocycles. The summed E-state index contributed by atoms with van der Waals surface area (Å²) in [5, 5.41) is 0.739. The summed E-state index contributed by atoms with van der Waals surface area (Å²) in [5.74, 6) is 0.215. The van der Waals surface area contributed by atoms with E-state index in [9.17, 15) is 4.57 Å². The Bertz CT molecular complexity index is 697. The van der Waals surface area contributed by atoms with Crippen LogP contribution in [0.4, 0.5) is 0 Å². The first-order valence-electron chi connectivity index (χ1n) is 7.79. The number of nitrogens with one attached hydrogen (secondary N) is 1. The van der Waals surface area contributed by atoms with Crippen LogP contribution in [0.5, 0.6) is 5.75 Å². The van der Waals surface area contributed by atoms with Gasteiger partial charge < -0.3 is 9.51 Å². The number of H-pyrrole nitrogens is 1. The van der Waals surface area contributed by atoms with Gasteiger partial charge in [0.05, 0.1) is 0 Å². The quantitative estimate of drug-likeness (QED) is 0.673. The van der Waals surface area contributed by atoms with Gasteiger partial charge in [-0.2, -0.15) is 0 Å². The fraction of sp³-hybridized carbons (Fsp3) is 0.500. The van der Waals surface area contributed by atoms with Crippen molar-refractivity contribution >= 4 is 18.7 Å². The topological polar surface area (TPSA) is 85.8 Å². The second-order valence-electron chi connectivity index (χ2n) is 6.25. The van der Waals surface area contributed by atoms with Crippen molar-refractivity contribution in [2.45, 2.75) is 46.2 Å². The summed E-state index contributed by atoms with van der Waals surface area (Å²) in [4.78, 5) is 23.7. The predicted molar refractivity (Wildman–Crippen MR) is 91.7 cm³/mol. The highest BCUT2D eigenvalue weighted by molar-refractivity contribution is 7.46. The third-order valence-corrected chi connectivity index (χ3v) is 4.37. The van der Waals surface area contributed by atoms with Crippen molar-refractivity contribution in [3.63, 3.8) is 0 Å². The lowest BCUT2D eigenvalue weighted by atomic mass is 10.1. The number of fused-ring (bicyclic) bond motifs is 1. The molecular weight excluding hydrogens is 315 g/mol. The Labute approximate surface area is 136 Å². The van der Waals surface area contributed by atoms with Gasteiger partial charge in [-0.1, -0.05) is 6.07 Å². The Hall–Kier alpha value is -1.33. The minimum absolute atomic E-state index is 0.215. The normalized spacial score (nSPS) is 12.7. The van der Waals surface area contributed by atoms with Crippen LogP contribution in [-0.4, -0.2) is 38.3 Å². The van der Waals surface area contributed by atoms with E-state index in [1.54, 1.807) is 12.1 Å². The average Bonchev–Trinajstić information content (AvgIpc) is 2.81. The lowest BCUT2D eigenvalue weighted by Gasteiger charge is -2.30. The first-order chi connectivity index (χ1) is 10.7. The predicted octanol–water partition coefficient (Wildman–Crippen LogP) is 3.30. The van der Waals surface area contributed by atoms with Gasteiger partial charge in [0.15, 0.2) is 0 Å². The lowest BCUT2D eigenvalue weighted by molar-refractivity contribution is 0.177. The standard InChI is InChI=1S/C16H25N2O4P/c1-11(2)18(12(3)4)9-8-13-10-17-14-6-5-7-15(16(13)14)22-23(19,20)21/h5-7,10-12,17H,8-9H2,1-4H3,(H2,19,20,21). The summed E-state index contributed by atoms with van der Waals surface area (Å²) >= 11 is 0. The van der Waals surface area contributed by atoms with E-state index in [0.717, 1.165) is 29.4 Å². The number of benzene rings is 1. The number of aromatic amines is 1. The first-order valence-corrected chi connectivity index (χ1v) is 9.32. The number of phosphoric ester groups is 1. The van der Waals surface area contributed by atoms with E-state index in [4.69, 9.17) is 14.3 Å². The smallest absolute Gasteiger partial charge is 0.404 e. The molecule has 0 saturated heterocycles. The van der Waals surface area contributed by atoms with Crippen LogP contribution in [0.2, 0.25) is 0 Å². The molecule has 2 rings (SSSR count). The van der Waals surface area contributed by atoms with Gasteiger partial charge in [0.25, 0.3) is 0 Å². The maximum Gasteiger partial charge on any atom is 0.524 e. The number of aromatic nitrogens is 1. The van der Waals surface area contributed by atoms with E-state index in [0.29, 0.717) is 12.1 Å². The molecule has 0 amide bonds. The maximum atomic E-state index is 11.2. The van der Waals surface area contributed by atoms with Gasteiger partial charge in [0.1, 0.15) is 5.75 Å². The van der Waals surface area contributed by atoms with Crippen molar-refractivity contribution in [2.75, 3.05) is 6.54 Å². The van der Waals surface area contributed by atoms with Gasteiger partial charge in [0.2, 0.25) is 0 Å². The molecule has 3 N–H and O–H groups in total. The van der Waals surface area contributed by atoms with Crippen molar-refractivity contribution in [3.8, 4) is 5.75 Å². The molecule has 0 fully saturated rings. The monoisotopic (exact) mass is 340 g/mol. The molecule has 2 aromatic rings. The number of hydrogen-bond acceptors (Lipinski definition) is 3. The maximum absolute atomic E-state index is 11.2. The van der Waals surface area contributed by atoms with Gasteiger partial charge >= 0.3 is 7.82 Å². The van der Waals surface area contributed by atoms with Gasteiger partial charge in [0, 0.05) is 35.7 Å². The Balaban J connectivity index is 2.29. The van der Waals surface area contributed by atoms with Crippen LogP contribution in [0.1, 0.15) is 33.3 Å². The van der Waals surface area contributed by atoms with Crippen LogP contribution in [-0.2, 0) is 11.0 Å². The van der Waals surface area contributed by atoms with E-state index < -0.39 is 7.82 Å². The van der Waals surface area contributed by atoms with Crippen LogP contribution in [0.3, 0.4) is 0 Å². The summed E-state index contributed by atoms with van der Waals surface area (Å²) in [6.45, 7) is 9.52. The molecule has 7 heteroatoms. The average molecular weight is 340 g/mol. The number of phosphoric acid groups is 1. The second-order valence-corrected chi connectivity index (χ2v) is 7.41. The third kappa shape index (κ3) is 4.58. The zero-order chi connectivity index (χ0) is 17.2. The molecular formula is C16H25N2O4P. The van der Waals surface area contributed by atoms with Crippen LogP contribution in [0.25, 0.3) is 10.9 Å². The molecule has 0 bridgehead atoms. The Morgan fingerprint density at radius 2 is 1.87 bits per heavy atom. The minimum atomic E-state index is -4.58. The van der Waals surface area contributed by atoms with E-state index in [2.05, 4.69) is 37.6 Å². The van der Waals surface area contributed by atoms with Crippen molar-refractivity contribution < 1.29 is 18.9 Å². The van der Waals surface area contributed by atoms with Gasteiger partial charge in [-0.15, -0.1) is 0 Å². The number of hydrogen-bond donors (Lipinski definition) is 3. The molecule has 0 aliphatic rings. The SMILES string of the molecule is CC(C)N(CCc1c[nH]c2cccc(OP(=O)(O)O)c12)C(C)C. The Morgan fingerprint density at radius 3 is 2.43 bits per heavy atom. The summed E-state index contributed by atoms with van der Waals surface area (Å²) in [6, 6.07) is 6.04.